The highest BCUT2D eigenvalue weighted by Gasteiger charge is 2.25. The molecule has 1 amide bonds. The average molecular weight is 467 g/mol. The summed E-state index contributed by atoms with van der Waals surface area (Å²) in [5, 5.41) is 3.18. The summed E-state index contributed by atoms with van der Waals surface area (Å²) in [7, 11) is 0. The monoisotopic (exact) mass is 467 g/mol. The number of nitrogens with two attached hydrogens (primary N) is 1. The molecule has 1 aliphatic heterocycles. The number of guanidine groups is 1. The summed E-state index contributed by atoms with van der Waals surface area (Å²) in [6.45, 7) is 11.4. The Bertz CT molecular complexity index is 441. The molecule has 0 bridgehead atoms. The Morgan fingerprint density at radius 2 is 1.88 bits per heavy atom. The van der Waals surface area contributed by atoms with Gasteiger partial charge in [-0.15, -0.1) is 24.0 Å². The molecule has 0 spiro atoms. The quantitative estimate of drug-likeness (QED) is 0.367. The molecule has 146 valence electrons. The lowest BCUT2D eigenvalue weighted by Gasteiger charge is -2.35. The number of halogens is 1. The average Bonchev–Trinajstić information content (AvgIpc) is 2.44. The first kappa shape index (κ1) is 22.3. The van der Waals surface area contributed by atoms with Crippen LogP contribution in [0.1, 0.15) is 40.0 Å². The fourth-order valence-electron chi connectivity index (χ4n) is 2.78. The first-order valence-corrected chi connectivity index (χ1v) is 9.07. The van der Waals surface area contributed by atoms with Crippen LogP contribution >= 0.6 is 24.0 Å². The molecule has 0 atom stereocenters. The van der Waals surface area contributed by atoms with Gasteiger partial charge in [0.1, 0.15) is 5.60 Å². The van der Waals surface area contributed by atoms with Crippen LogP contribution in [0.5, 0.6) is 0 Å². The number of piperazine rings is 1. The number of carbonyl (C=O) groups is 1. The van der Waals surface area contributed by atoms with Crippen LogP contribution in [0.3, 0.4) is 0 Å². The number of hydrogen-bond donors (Lipinski definition) is 2. The van der Waals surface area contributed by atoms with Crippen LogP contribution in [0.15, 0.2) is 4.99 Å². The minimum Gasteiger partial charge on any atom is -0.444 e. The minimum absolute atomic E-state index is 0. The fraction of sp³-hybridized carbons (Fsp3) is 0.882. The lowest BCUT2D eigenvalue weighted by Crippen LogP contribution is -2.51. The van der Waals surface area contributed by atoms with Crippen molar-refractivity contribution in [1.29, 1.82) is 0 Å². The molecule has 0 aromatic rings. The van der Waals surface area contributed by atoms with Crippen LogP contribution in [-0.4, -0.2) is 73.3 Å². The first-order valence-electron chi connectivity index (χ1n) is 9.07. The van der Waals surface area contributed by atoms with Gasteiger partial charge < -0.3 is 20.7 Å². The molecule has 1 heterocycles. The van der Waals surface area contributed by atoms with Gasteiger partial charge in [0.05, 0.1) is 0 Å². The van der Waals surface area contributed by atoms with Crippen molar-refractivity contribution in [3.63, 3.8) is 0 Å². The molecule has 0 radical (unpaired) electrons. The van der Waals surface area contributed by atoms with Crippen LogP contribution in [0.2, 0.25) is 0 Å². The molecule has 8 heteroatoms. The summed E-state index contributed by atoms with van der Waals surface area (Å²) in [4.78, 5) is 20.5. The summed E-state index contributed by atoms with van der Waals surface area (Å²) >= 11 is 0. The Balaban J connectivity index is 0.00000312. The van der Waals surface area contributed by atoms with Crippen LogP contribution in [0.25, 0.3) is 0 Å². The van der Waals surface area contributed by atoms with E-state index in [2.05, 4.69) is 15.2 Å². The first-order chi connectivity index (χ1) is 11.3. The molecule has 1 aliphatic carbocycles. The molecule has 0 aromatic carbocycles. The van der Waals surface area contributed by atoms with Gasteiger partial charge in [-0.25, -0.2) is 4.79 Å². The van der Waals surface area contributed by atoms with Crippen LogP contribution in [-0.2, 0) is 4.74 Å². The Morgan fingerprint density at radius 3 is 2.40 bits per heavy atom. The summed E-state index contributed by atoms with van der Waals surface area (Å²) in [6.07, 6.45) is 3.70. The van der Waals surface area contributed by atoms with Gasteiger partial charge in [0, 0.05) is 45.8 Å². The van der Waals surface area contributed by atoms with E-state index in [0.29, 0.717) is 19.0 Å². The predicted octanol–water partition coefficient (Wildman–Crippen LogP) is 1.86. The second kappa shape index (κ2) is 10.4. The van der Waals surface area contributed by atoms with Gasteiger partial charge in [-0.1, -0.05) is 6.42 Å². The largest absolute Gasteiger partial charge is 0.444 e. The van der Waals surface area contributed by atoms with Crippen molar-refractivity contribution in [3.8, 4) is 0 Å². The second-order valence-electron chi connectivity index (χ2n) is 7.76. The maximum absolute atomic E-state index is 12.0. The number of nitrogens with one attached hydrogen (secondary N) is 1. The number of rotatable bonds is 5. The normalized spacial score (nSPS) is 19.8. The third kappa shape index (κ3) is 8.44. The van der Waals surface area contributed by atoms with E-state index in [1.807, 2.05) is 20.8 Å². The van der Waals surface area contributed by atoms with Gasteiger partial charge in [-0.3, -0.25) is 9.89 Å². The lowest BCUT2D eigenvalue weighted by molar-refractivity contribution is 0.0147. The van der Waals surface area contributed by atoms with Gasteiger partial charge >= 0.3 is 6.09 Å². The van der Waals surface area contributed by atoms with Crippen molar-refractivity contribution in [2.45, 2.75) is 45.6 Å². The number of carbonyl (C=O) groups excluding carboxylic acids is 1. The summed E-state index contributed by atoms with van der Waals surface area (Å²) in [6, 6.07) is 0. The predicted molar refractivity (Wildman–Crippen MR) is 111 cm³/mol. The zero-order valence-corrected chi connectivity index (χ0v) is 18.1. The minimum atomic E-state index is -0.436. The van der Waals surface area contributed by atoms with E-state index in [9.17, 15) is 4.79 Å². The van der Waals surface area contributed by atoms with Crippen molar-refractivity contribution < 1.29 is 9.53 Å². The van der Waals surface area contributed by atoms with Crippen molar-refractivity contribution in [3.05, 3.63) is 0 Å². The number of nitrogens with zero attached hydrogens (tertiary/aromatic N) is 3. The van der Waals surface area contributed by atoms with Gasteiger partial charge in [-0.05, 0) is 39.5 Å². The Morgan fingerprint density at radius 1 is 1.24 bits per heavy atom. The number of amides is 1. The van der Waals surface area contributed by atoms with Gasteiger partial charge in [-0.2, -0.15) is 0 Å². The van der Waals surface area contributed by atoms with Crippen molar-refractivity contribution >= 4 is 36.0 Å². The second-order valence-corrected chi connectivity index (χ2v) is 7.76. The fourth-order valence-corrected chi connectivity index (χ4v) is 2.78. The van der Waals surface area contributed by atoms with E-state index in [0.717, 1.165) is 38.6 Å². The van der Waals surface area contributed by atoms with E-state index in [4.69, 9.17) is 10.5 Å². The van der Waals surface area contributed by atoms with Crippen molar-refractivity contribution in [1.82, 2.24) is 15.1 Å². The Kier molecular flexibility index (Phi) is 9.26. The molecule has 1 saturated heterocycles. The molecule has 1 saturated carbocycles. The van der Waals surface area contributed by atoms with E-state index < -0.39 is 5.60 Å². The maximum Gasteiger partial charge on any atom is 0.410 e. The SMILES string of the molecule is CC(C)(C)OC(=O)N1CCN(CCNC(N)=NCC2CCC2)CC1.I. The number of hydrogen-bond acceptors (Lipinski definition) is 4. The van der Waals surface area contributed by atoms with Gasteiger partial charge in [0.15, 0.2) is 5.96 Å². The number of aliphatic imine (C=N–C) groups is 1. The van der Waals surface area contributed by atoms with E-state index in [1.54, 1.807) is 4.90 Å². The Hall–Kier alpha value is -0.770. The van der Waals surface area contributed by atoms with Crippen LogP contribution in [0.4, 0.5) is 4.79 Å². The molecular formula is C17H34IN5O2. The van der Waals surface area contributed by atoms with Gasteiger partial charge in [0.25, 0.3) is 0 Å². The smallest absolute Gasteiger partial charge is 0.410 e. The molecule has 2 aliphatic rings. The van der Waals surface area contributed by atoms with E-state index >= 15 is 0 Å². The van der Waals surface area contributed by atoms with Crippen LogP contribution in [0, 0.1) is 5.92 Å². The molecular weight excluding hydrogens is 433 g/mol. The summed E-state index contributed by atoms with van der Waals surface area (Å²) in [5.74, 6) is 1.29. The Labute approximate surface area is 168 Å². The molecule has 2 fully saturated rings. The summed E-state index contributed by atoms with van der Waals surface area (Å²) in [5.41, 5.74) is 5.45. The molecule has 0 aromatic heterocycles. The van der Waals surface area contributed by atoms with Crippen molar-refractivity contribution in [2.75, 3.05) is 45.8 Å². The molecule has 25 heavy (non-hydrogen) atoms. The summed E-state index contributed by atoms with van der Waals surface area (Å²) < 4.78 is 5.41. The standard InChI is InChI=1S/C17H33N5O2.HI/c1-17(2,3)24-16(23)22-11-9-21(10-12-22)8-7-19-15(18)20-13-14-5-4-6-14;/h14H,4-13H2,1-3H3,(H3,18,19,20);1H. The van der Waals surface area contributed by atoms with E-state index in [1.165, 1.54) is 19.3 Å². The molecule has 0 unspecified atom stereocenters. The van der Waals surface area contributed by atoms with Crippen molar-refractivity contribution in [2.24, 2.45) is 16.6 Å². The molecule has 7 nitrogen and oxygen atoms in total. The molecule has 3 N–H and O–H groups in total. The third-order valence-electron chi connectivity index (χ3n) is 4.50. The highest BCUT2D eigenvalue weighted by atomic mass is 127. The molecule has 2 rings (SSSR count). The zero-order valence-electron chi connectivity index (χ0n) is 15.8. The van der Waals surface area contributed by atoms with Crippen LogP contribution < -0.4 is 11.1 Å². The third-order valence-corrected chi connectivity index (χ3v) is 4.50. The zero-order chi connectivity index (χ0) is 17.6. The highest BCUT2D eigenvalue weighted by molar-refractivity contribution is 14.0. The van der Waals surface area contributed by atoms with Gasteiger partial charge in [0.2, 0.25) is 0 Å². The van der Waals surface area contributed by atoms with E-state index in [-0.39, 0.29) is 30.1 Å². The lowest BCUT2D eigenvalue weighted by atomic mass is 9.86. The number of ether oxygens (including phenoxy) is 1. The maximum atomic E-state index is 12.0. The topological polar surface area (TPSA) is 83.2 Å². The highest BCUT2D eigenvalue weighted by Crippen LogP contribution is 2.26.